The Balaban J connectivity index is 3.00. The highest BCUT2D eigenvalue weighted by molar-refractivity contribution is 7.17. The lowest BCUT2D eigenvalue weighted by Gasteiger charge is -2.05. The second-order valence-electron chi connectivity index (χ2n) is 3.13. The molecule has 0 atom stereocenters. The zero-order valence-corrected chi connectivity index (χ0v) is 9.21. The monoisotopic (exact) mass is 229 g/mol. The first-order valence-electron chi connectivity index (χ1n) is 4.46. The number of carbonyl (C=O) groups is 1. The Hall–Kier alpha value is -1.19. The molecular formula is C9H12NO4P. The standard InChI is InChI=1S/C9H12NO4P/c1-6-9(12)8(4-11)7(2-3-10-6)5-14-15-13/h4,10,12H,2-3,5H2,1H3. The van der Waals surface area contributed by atoms with Gasteiger partial charge in [-0.25, -0.2) is 4.57 Å². The van der Waals surface area contributed by atoms with Crippen LogP contribution in [-0.4, -0.2) is 24.5 Å². The van der Waals surface area contributed by atoms with E-state index in [-0.39, 0.29) is 17.9 Å². The number of aliphatic hydroxyl groups is 1. The molecule has 0 aliphatic carbocycles. The molecule has 0 aromatic heterocycles. The van der Waals surface area contributed by atoms with Crippen LogP contribution >= 0.6 is 8.69 Å². The van der Waals surface area contributed by atoms with E-state index in [1.54, 1.807) is 6.92 Å². The second-order valence-corrected chi connectivity index (χ2v) is 3.54. The summed E-state index contributed by atoms with van der Waals surface area (Å²) in [5.74, 6) is -0.0661. The molecule has 0 saturated carbocycles. The Morgan fingerprint density at radius 1 is 1.67 bits per heavy atom. The van der Waals surface area contributed by atoms with Crippen LogP contribution in [0.5, 0.6) is 0 Å². The van der Waals surface area contributed by atoms with Crippen molar-refractivity contribution in [2.24, 2.45) is 0 Å². The van der Waals surface area contributed by atoms with E-state index in [9.17, 15) is 14.5 Å². The van der Waals surface area contributed by atoms with E-state index in [4.69, 9.17) is 0 Å². The number of aliphatic hydroxyl groups excluding tert-OH is 1. The van der Waals surface area contributed by atoms with Gasteiger partial charge in [0.15, 0.2) is 6.29 Å². The van der Waals surface area contributed by atoms with Crippen LogP contribution in [0.1, 0.15) is 13.3 Å². The molecule has 0 unspecified atom stereocenters. The van der Waals surface area contributed by atoms with Crippen molar-refractivity contribution in [3.63, 3.8) is 0 Å². The minimum Gasteiger partial charge on any atom is -0.505 e. The third kappa shape index (κ3) is 2.88. The summed E-state index contributed by atoms with van der Waals surface area (Å²) in [6.07, 6.45) is 1.16. The molecule has 15 heavy (non-hydrogen) atoms. The lowest BCUT2D eigenvalue weighted by Crippen LogP contribution is -2.12. The summed E-state index contributed by atoms with van der Waals surface area (Å²) < 4.78 is 14.8. The van der Waals surface area contributed by atoms with Gasteiger partial charge < -0.3 is 10.4 Å². The van der Waals surface area contributed by atoms with Crippen molar-refractivity contribution in [1.29, 1.82) is 0 Å². The van der Waals surface area contributed by atoms with Gasteiger partial charge >= 0.3 is 8.69 Å². The zero-order chi connectivity index (χ0) is 11.3. The highest BCUT2D eigenvalue weighted by Crippen LogP contribution is 2.20. The SMILES string of the molecule is CC1=C(O)C(C=O)=C(COP=O)CCN1. The number of carbonyl (C=O) groups excluding carboxylic acids is 1. The van der Waals surface area contributed by atoms with Gasteiger partial charge in [0.2, 0.25) is 0 Å². The Bertz CT molecular complexity index is 335. The fourth-order valence-electron chi connectivity index (χ4n) is 1.38. The fourth-order valence-corrected chi connectivity index (χ4v) is 1.59. The smallest absolute Gasteiger partial charge is 0.327 e. The van der Waals surface area contributed by atoms with E-state index in [1.165, 1.54) is 0 Å². The summed E-state index contributed by atoms with van der Waals surface area (Å²) in [5.41, 5.74) is 1.43. The minimum absolute atomic E-state index is 0.0661. The predicted molar refractivity (Wildman–Crippen MR) is 54.6 cm³/mol. The summed E-state index contributed by atoms with van der Waals surface area (Å²) in [6, 6.07) is 0. The molecule has 0 saturated heterocycles. The lowest BCUT2D eigenvalue weighted by molar-refractivity contribution is -0.105. The molecule has 1 rings (SSSR count). The molecule has 0 fully saturated rings. The maximum atomic E-state index is 10.8. The first kappa shape index (κ1) is 11.9. The van der Waals surface area contributed by atoms with Gasteiger partial charge in [-0.05, 0) is 18.9 Å². The largest absolute Gasteiger partial charge is 0.505 e. The van der Waals surface area contributed by atoms with Gasteiger partial charge in [-0.15, -0.1) is 0 Å². The molecule has 0 radical (unpaired) electrons. The fraction of sp³-hybridized carbons (Fsp3) is 0.444. The minimum atomic E-state index is -0.431. The molecule has 1 heterocycles. The Morgan fingerprint density at radius 3 is 3.00 bits per heavy atom. The maximum absolute atomic E-state index is 10.8. The van der Waals surface area contributed by atoms with Crippen LogP contribution in [0, 0.1) is 0 Å². The average Bonchev–Trinajstić information content (AvgIpc) is 2.37. The molecule has 2 N–H and O–H groups in total. The van der Waals surface area contributed by atoms with Crippen molar-refractivity contribution in [3.8, 4) is 0 Å². The van der Waals surface area contributed by atoms with Gasteiger partial charge in [-0.3, -0.25) is 9.32 Å². The van der Waals surface area contributed by atoms with Gasteiger partial charge in [-0.2, -0.15) is 0 Å². The third-order valence-corrected chi connectivity index (χ3v) is 2.45. The van der Waals surface area contributed by atoms with Crippen molar-refractivity contribution in [1.82, 2.24) is 5.32 Å². The van der Waals surface area contributed by atoms with Crippen LogP contribution in [0.4, 0.5) is 0 Å². The quantitative estimate of drug-likeness (QED) is 0.564. The molecular weight excluding hydrogens is 217 g/mol. The van der Waals surface area contributed by atoms with Crippen molar-refractivity contribution in [2.75, 3.05) is 13.2 Å². The van der Waals surface area contributed by atoms with Crippen LogP contribution < -0.4 is 5.32 Å². The first-order chi connectivity index (χ1) is 7.20. The summed E-state index contributed by atoms with van der Waals surface area (Å²) in [5, 5.41) is 12.6. The van der Waals surface area contributed by atoms with Gasteiger partial charge in [0.1, 0.15) is 5.76 Å². The average molecular weight is 229 g/mol. The van der Waals surface area contributed by atoms with Crippen LogP contribution in [0.25, 0.3) is 0 Å². The van der Waals surface area contributed by atoms with Gasteiger partial charge in [0, 0.05) is 6.54 Å². The van der Waals surface area contributed by atoms with Crippen LogP contribution in [0.15, 0.2) is 22.6 Å². The number of allylic oxidation sites excluding steroid dienone is 2. The predicted octanol–water partition coefficient (Wildman–Crippen LogP) is 1.49. The van der Waals surface area contributed by atoms with E-state index >= 15 is 0 Å². The lowest BCUT2D eigenvalue weighted by atomic mass is 10.1. The normalized spacial score (nSPS) is 17.7. The summed E-state index contributed by atoms with van der Waals surface area (Å²) in [6.45, 7) is 2.38. The van der Waals surface area contributed by atoms with Gasteiger partial charge in [0.25, 0.3) is 0 Å². The van der Waals surface area contributed by atoms with Crippen LogP contribution in [0.3, 0.4) is 0 Å². The number of rotatable bonds is 4. The number of nitrogens with one attached hydrogen (secondary N) is 1. The van der Waals surface area contributed by atoms with E-state index in [2.05, 4.69) is 9.84 Å². The molecule has 6 heteroatoms. The molecule has 0 spiro atoms. The molecule has 5 nitrogen and oxygen atoms in total. The van der Waals surface area contributed by atoms with Crippen molar-refractivity contribution >= 4 is 15.0 Å². The number of aldehydes is 1. The molecule has 1 aliphatic heterocycles. The molecule has 1 aliphatic rings. The van der Waals surface area contributed by atoms with E-state index in [0.29, 0.717) is 30.5 Å². The molecule has 0 bridgehead atoms. The van der Waals surface area contributed by atoms with Crippen molar-refractivity contribution in [2.45, 2.75) is 13.3 Å². The topological polar surface area (TPSA) is 75.6 Å². The third-order valence-electron chi connectivity index (χ3n) is 2.22. The summed E-state index contributed by atoms with van der Waals surface area (Å²) >= 11 is 0. The van der Waals surface area contributed by atoms with Gasteiger partial charge in [0.05, 0.1) is 17.9 Å². The number of hydrogen-bond acceptors (Lipinski definition) is 5. The Morgan fingerprint density at radius 2 is 2.40 bits per heavy atom. The van der Waals surface area contributed by atoms with Crippen LogP contribution in [-0.2, 0) is 13.9 Å². The van der Waals surface area contributed by atoms with Crippen molar-refractivity contribution < 1.29 is 19.0 Å². The Labute approximate surface area is 89.1 Å². The van der Waals surface area contributed by atoms with Gasteiger partial charge in [-0.1, -0.05) is 0 Å². The first-order valence-corrected chi connectivity index (χ1v) is 5.19. The van der Waals surface area contributed by atoms with E-state index in [0.717, 1.165) is 0 Å². The molecule has 0 amide bonds. The zero-order valence-electron chi connectivity index (χ0n) is 8.32. The molecule has 82 valence electrons. The van der Waals surface area contributed by atoms with Crippen molar-refractivity contribution in [3.05, 3.63) is 22.6 Å². The molecule has 0 aromatic rings. The summed E-state index contributed by atoms with van der Waals surface area (Å²) in [7, 11) is -0.431. The summed E-state index contributed by atoms with van der Waals surface area (Å²) in [4.78, 5) is 10.8. The van der Waals surface area contributed by atoms with E-state index < -0.39 is 8.69 Å². The molecule has 0 aromatic carbocycles. The van der Waals surface area contributed by atoms with Crippen LogP contribution in [0.2, 0.25) is 0 Å². The highest BCUT2D eigenvalue weighted by atomic mass is 31.1. The highest BCUT2D eigenvalue weighted by Gasteiger charge is 2.16. The Kier molecular flexibility index (Phi) is 4.46. The maximum Gasteiger partial charge on any atom is 0.327 e. The second kappa shape index (κ2) is 5.63. The number of hydrogen-bond donors (Lipinski definition) is 2. The van der Waals surface area contributed by atoms with E-state index in [1.807, 2.05) is 0 Å².